The van der Waals surface area contributed by atoms with E-state index in [2.05, 4.69) is 20.3 Å². The van der Waals surface area contributed by atoms with Gasteiger partial charge in [0, 0.05) is 35.2 Å². The van der Waals surface area contributed by atoms with Crippen molar-refractivity contribution >= 4 is 22.3 Å². The number of nitrogens with one attached hydrogen (secondary N) is 1. The number of alkyl halides is 3. The number of hydrogen-bond donors (Lipinski definition) is 3. The molecular weight excluding hydrogens is 421 g/mol. The zero-order valence-corrected chi connectivity index (χ0v) is 16.9. The van der Waals surface area contributed by atoms with Crippen LogP contribution < -0.4 is 5.32 Å². The largest absolute Gasteiger partial charge is 0.416 e. The number of benzene rings is 1. The van der Waals surface area contributed by atoms with Crippen LogP contribution in [0.25, 0.3) is 22.2 Å². The summed E-state index contributed by atoms with van der Waals surface area (Å²) in [7, 11) is 0. The number of nitrogens with zero attached hydrogens (tertiary/aromatic N) is 3. The minimum Gasteiger partial charge on any atom is -0.393 e. The molecule has 0 radical (unpaired) electrons. The van der Waals surface area contributed by atoms with E-state index < -0.39 is 24.5 Å². The van der Waals surface area contributed by atoms with Crippen LogP contribution in [0.15, 0.2) is 61.1 Å². The predicted molar refractivity (Wildman–Crippen MR) is 114 cm³/mol. The number of fused-ring (bicyclic) bond motifs is 1. The molecule has 0 unspecified atom stereocenters. The van der Waals surface area contributed by atoms with Gasteiger partial charge in [-0.1, -0.05) is 0 Å². The number of halogens is 3. The summed E-state index contributed by atoms with van der Waals surface area (Å²) < 4.78 is 38.3. The molecule has 6 nitrogen and oxygen atoms in total. The predicted octanol–water partition coefficient (Wildman–Crippen LogP) is 4.79. The molecule has 0 bridgehead atoms. The SMILES string of the molecule is Cc1cc([C@@H](O)CO)cnc1-c1cc2ccnc(Nc3ccc(C(F)(F)F)cc3)c2cn1. The van der Waals surface area contributed by atoms with Gasteiger partial charge in [-0.15, -0.1) is 0 Å². The number of pyridine rings is 3. The van der Waals surface area contributed by atoms with E-state index in [-0.39, 0.29) is 0 Å². The zero-order chi connectivity index (χ0) is 22.9. The van der Waals surface area contributed by atoms with Crippen molar-refractivity contribution in [2.24, 2.45) is 0 Å². The molecule has 9 heteroatoms. The van der Waals surface area contributed by atoms with Crippen molar-refractivity contribution in [2.45, 2.75) is 19.2 Å². The third-order valence-electron chi connectivity index (χ3n) is 5.02. The number of anilines is 2. The van der Waals surface area contributed by atoms with Crippen LogP contribution in [0, 0.1) is 6.92 Å². The number of hydrogen-bond acceptors (Lipinski definition) is 6. The lowest BCUT2D eigenvalue weighted by Gasteiger charge is -2.12. The number of aromatic nitrogens is 3. The van der Waals surface area contributed by atoms with Gasteiger partial charge in [-0.2, -0.15) is 13.2 Å². The minimum absolute atomic E-state index is 0.392. The van der Waals surface area contributed by atoms with Gasteiger partial charge in [0.25, 0.3) is 0 Å². The Morgan fingerprint density at radius 1 is 1.00 bits per heavy atom. The van der Waals surface area contributed by atoms with Gasteiger partial charge in [0.2, 0.25) is 0 Å². The van der Waals surface area contributed by atoms with Gasteiger partial charge >= 0.3 is 6.18 Å². The Morgan fingerprint density at radius 2 is 1.75 bits per heavy atom. The van der Waals surface area contributed by atoms with Crippen molar-refractivity contribution < 1.29 is 23.4 Å². The van der Waals surface area contributed by atoms with E-state index in [0.717, 1.165) is 23.1 Å². The molecule has 0 aliphatic heterocycles. The Kier molecular flexibility index (Phi) is 5.77. The van der Waals surface area contributed by atoms with Crippen molar-refractivity contribution in [1.82, 2.24) is 15.0 Å². The summed E-state index contributed by atoms with van der Waals surface area (Å²) in [5.41, 5.74) is 2.31. The van der Waals surface area contributed by atoms with Crippen LogP contribution in [0.2, 0.25) is 0 Å². The summed E-state index contributed by atoms with van der Waals surface area (Å²) in [6, 6.07) is 10.1. The van der Waals surface area contributed by atoms with Crippen LogP contribution in [-0.2, 0) is 6.18 Å². The van der Waals surface area contributed by atoms with E-state index in [0.29, 0.717) is 33.8 Å². The normalized spacial score (nSPS) is 12.7. The molecule has 1 aromatic carbocycles. The first-order valence-electron chi connectivity index (χ1n) is 9.71. The molecule has 32 heavy (non-hydrogen) atoms. The highest BCUT2D eigenvalue weighted by Crippen LogP contribution is 2.32. The molecule has 164 valence electrons. The van der Waals surface area contributed by atoms with Crippen LogP contribution in [0.5, 0.6) is 0 Å². The Morgan fingerprint density at radius 3 is 2.41 bits per heavy atom. The fraction of sp³-hybridized carbons (Fsp3) is 0.174. The number of aryl methyl sites for hydroxylation is 1. The quantitative estimate of drug-likeness (QED) is 0.413. The zero-order valence-electron chi connectivity index (χ0n) is 16.9. The molecule has 4 aromatic rings. The molecular formula is C23H19F3N4O2. The molecule has 0 spiro atoms. The molecule has 0 aliphatic carbocycles. The number of aliphatic hydroxyl groups is 2. The van der Waals surface area contributed by atoms with E-state index in [1.54, 1.807) is 24.5 Å². The molecule has 0 fully saturated rings. The highest BCUT2D eigenvalue weighted by molar-refractivity contribution is 5.94. The first-order chi connectivity index (χ1) is 15.3. The maximum Gasteiger partial charge on any atom is 0.416 e. The maximum atomic E-state index is 12.8. The molecule has 3 aromatic heterocycles. The van der Waals surface area contributed by atoms with Gasteiger partial charge in [-0.3, -0.25) is 9.97 Å². The second-order valence-electron chi connectivity index (χ2n) is 7.28. The van der Waals surface area contributed by atoms with Gasteiger partial charge in [-0.05, 0) is 60.3 Å². The fourth-order valence-corrected chi connectivity index (χ4v) is 3.33. The molecule has 0 saturated carbocycles. The summed E-state index contributed by atoms with van der Waals surface area (Å²) in [5, 5.41) is 23.5. The minimum atomic E-state index is -4.39. The molecule has 0 amide bonds. The van der Waals surface area contributed by atoms with Gasteiger partial charge in [-0.25, -0.2) is 4.98 Å². The average molecular weight is 440 g/mol. The Bertz CT molecular complexity index is 1260. The molecule has 0 aliphatic rings. The van der Waals surface area contributed by atoms with E-state index in [4.69, 9.17) is 5.11 Å². The smallest absolute Gasteiger partial charge is 0.393 e. The molecule has 0 saturated heterocycles. The first kappa shape index (κ1) is 21.7. The third kappa shape index (κ3) is 4.39. The molecule has 1 atom stereocenters. The Labute approximate surface area is 181 Å². The summed E-state index contributed by atoms with van der Waals surface area (Å²) in [6.45, 7) is 1.45. The van der Waals surface area contributed by atoms with E-state index in [9.17, 15) is 18.3 Å². The van der Waals surface area contributed by atoms with Gasteiger partial charge < -0.3 is 15.5 Å². The lowest BCUT2D eigenvalue weighted by atomic mass is 10.1. The number of rotatable bonds is 5. The van der Waals surface area contributed by atoms with Gasteiger partial charge in [0.1, 0.15) is 11.9 Å². The summed E-state index contributed by atoms with van der Waals surface area (Å²) in [6.07, 6.45) is -0.665. The van der Waals surface area contributed by atoms with Crippen LogP contribution in [0.4, 0.5) is 24.7 Å². The molecule has 3 heterocycles. The van der Waals surface area contributed by atoms with E-state index >= 15 is 0 Å². The standard InChI is InChI=1S/C23H19F3N4O2/c1-13-8-15(20(32)12-31)10-29-21(13)19-9-14-6-7-27-22(18(14)11-28-19)30-17-4-2-16(3-5-17)23(24,25)26/h2-11,20,31-32H,12H2,1H3,(H,27,30)/t20-/m0/s1. The summed E-state index contributed by atoms with van der Waals surface area (Å²) in [4.78, 5) is 13.2. The number of aliphatic hydroxyl groups excluding tert-OH is 2. The fourth-order valence-electron chi connectivity index (χ4n) is 3.33. The van der Waals surface area contributed by atoms with Crippen molar-refractivity contribution in [3.63, 3.8) is 0 Å². The second-order valence-corrected chi connectivity index (χ2v) is 7.28. The van der Waals surface area contributed by atoms with Crippen LogP contribution >= 0.6 is 0 Å². The van der Waals surface area contributed by atoms with Crippen LogP contribution in [0.3, 0.4) is 0 Å². The topological polar surface area (TPSA) is 91.2 Å². The molecule has 4 rings (SSSR count). The lowest BCUT2D eigenvalue weighted by molar-refractivity contribution is -0.137. The Hall–Kier alpha value is -3.56. The van der Waals surface area contributed by atoms with Gasteiger partial charge in [0.05, 0.1) is 23.6 Å². The summed E-state index contributed by atoms with van der Waals surface area (Å²) in [5.74, 6) is 0.465. The van der Waals surface area contributed by atoms with Crippen LogP contribution in [-0.4, -0.2) is 31.8 Å². The Balaban J connectivity index is 1.64. The maximum absolute atomic E-state index is 12.8. The second kappa shape index (κ2) is 8.52. The summed E-state index contributed by atoms with van der Waals surface area (Å²) >= 11 is 0. The van der Waals surface area contributed by atoms with E-state index in [1.165, 1.54) is 18.3 Å². The highest BCUT2D eigenvalue weighted by Gasteiger charge is 2.29. The highest BCUT2D eigenvalue weighted by atomic mass is 19.4. The van der Waals surface area contributed by atoms with Crippen molar-refractivity contribution in [2.75, 3.05) is 11.9 Å². The average Bonchev–Trinajstić information content (AvgIpc) is 2.78. The van der Waals surface area contributed by atoms with E-state index in [1.807, 2.05) is 13.0 Å². The first-order valence-corrected chi connectivity index (χ1v) is 9.71. The van der Waals surface area contributed by atoms with Crippen molar-refractivity contribution in [3.05, 3.63) is 77.7 Å². The monoisotopic (exact) mass is 440 g/mol. The van der Waals surface area contributed by atoms with Gasteiger partial charge in [0.15, 0.2) is 0 Å². The van der Waals surface area contributed by atoms with Crippen LogP contribution in [0.1, 0.15) is 22.8 Å². The lowest BCUT2D eigenvalue weighted by Crippen LogP contribution is -2.05. The molecule has 3 N–H and O–H groups in total. The van der Waals surface area contributed by atoms with Crippen molar-refractivity contribution in [1.29, 1.82) is 0 Å². The third-order valence-corrected chi connectivity index (χ3v) is 5.02. The van der Waals surface area contributed by atoms with Crippen molar-refractivity contribution in [3.8, 4) is 11.4 Å².